The van der Waals surface area contributed by atoms with Crippen molar-refractivity contribution in [2.45, 2.75) is 44.3 Å². The van der Waals surface area contributed by atoms with Crippen LogP contribution in [0.1, 0.15) is 48.0 Å². The van der Waals surface area contributed by atoms with E-state index in [1.165, 1.54) is 5.69 Å². The van der Waals surface area contributed by atoms with E-state index >= 15 is 0 Å². The fourth-order valence-corrected chi connectivity index (χ4v) is 6.91. The van der Waals surface area contributed by atoms with Gasteiger partial charge in [-0.2, -0.15) is 0 Å². The minimum atomic E-state index is -0.152. The summed E-state index contributed by atoms with van der Waals surface area (Å²) in [5.74, 6) is 1.45. The first-order chi connectivity index (χ1) is 18.4. The quantitative estimate of drug-likeness (QED) is 0.466. The van der Waals surface area contributed by atoms with E-state index in [9.17, 15) is 4.79 Å². The lowest BCUT2D eigenvalue weighted by Crippen LogP contribution is -2.47. The van der Waals surface area contributed by atoms with Crippen molar-refractivity contribution < 1.29 is 14.3 Å². The van der Waals surface area contributed by atoms with Gasteiger partial charge in [-0.3, -0.25) is 10.2 Å². The number of methoxy groups -OCH3 is 2. The van der Waals surface area contributed by atoms with E-state index < -0.39 is 0 Å². The first kappa shape index (κ1) is 27.3. The van der Waals surface area contributed by atoms with Crippen LogP contribution in [0.3, 0.4) is 0 Å². The fraction of sp³-hybridized carbons (Fsp3) is 0.536. The maximum atomic E-state index is 13.1. The van der Waals surface area contributed by atoms with E-state index in [2.05, 4.69) is 45.0 Å². The predicted octanol–water partition coefficient (Wildman–Crippen LogP) is 4.27. The van der Waals surface area contributed by atoms with E-state index in [1.54, 1.807) is 20.3 Å². The van der Waals surface area contributed by atoms with E-state index in [0.717, 1.165) is 57.5 Å². The molecule has 3 aliphatic rings. The molecule has 0 bridgehead atoms. The number of carbonyl (C=O) groups is 1. The summed E-state index contributed by atoms with van der Waals surface area (Å²) in [4.78, 5) is 17.9. The van der Waals surface area contributed by atoms with Gasteiger partial charge in [0.2, 0.25) is 0 Å². The van der Waals surface area contributed by atoms with Crippen molar-refractivity contribution in [3.05, 3.63) is 51.5 Å². The number of likely N-dealkylation sites (N-methyl/N-ethyl adjacent to an activating group) is 1. The predicted molar refractivity (Wildman–Crippen MR) is 152 cm³/mol. The van der Waals surface area contributed by atoms with Crippen molar-refractivity contribution in [3.8, 4) is 11.5 Å². The molecular weight excluding hydrogens is 525 g/mol. The molecule has 0 radical (unpaired) electrons. The molecule has 206 valence electrons. The number of ether oxygens (including phenoxy) is 2. The van der Waals surface area contributed by atoms with Gasteiger partial charge in [0.25, 0.3) is 5.91 Å². The molecule has 5 rings (SSSR count). The summed E-state index contributed by atoms with van der Waals surface area (Å²) in [5, 5.41) is 4.27. The Labute approximate surface area is 234 Å². The highest BCUT2D eigenvalue weighted by Gasteiger charge is 2.42. The lowest BCUT2D eigenvalue weighted by Gasteiger charge is -2.35. The number of anilines is 1. The van der Waals surface area contributed by atoms with Gasteiger partial charge in [0.05, 0.1) is 30.4 Å². The number of benzene rings is 2. The molecule has 2 aromatic rings. The van der Waals surface area contributed by atoms with Crippen LogP contribution in [0.15, 0.2) is 30.3 Å². The lowest BCUT2D eigenvalue weighted by atomic mass is 9.75. The zero-order chi connectivity index (χ0) is 26.8. The number of hydrogen-bond donors (Lipinski definition) is 3. The number of halogens is 2. The number of nitrogens with one attached hydrogen (secondary N) is 3. The van der Waals surface area contributed by atoms with Crippen LogP contribution in [0.5, 0.6) is 11.5 Å². The Kier molecular flexibility index (Phi) is 8.55. The molecule has 2 saturated heterocycles. The largest absolute Gasteiger partial charge is 0.495 e. The highest BCUT2D eigenvalue weighted by atomic mass is 35.5. The van der Waals surface area contributed by atoms with Gasteiger partial charge in [0.1, 0.15) is 11.5 Å². The van der Waals surface area contributed by atoms with Crippen LogP contribution in [0.2, 0.25) is 10.0 Å². The van der Waals surface area contributed by atoms with E-state index in [-0.39, 0.29) is 30.0 Å². The molecule has 38 heavy (non-hydrogen) atoms. The standard InChI is InChI=1S/C28H37Cl2N5O3/c1-4-34-11-13-35(14-12-34)19-8-5-17(6-9-19)28(36)31-27-20-10-7-18(15-21(20)32-33-27)24-25(29)22(37-2)16-23(38-3)26(24)30/h5-6,8-9,16,18,20-21,27,32-33H,4,7,10-15H2,1-3H3,(H,31,36). The van der Waals surface area contributed by atoms with Gasteiger partial charge in [-0.15, -0.1) is 0 Å². The van der Waals surface area contributed by atoms with Crippen LogP contribution in [0.4, 0.5) is 5.69 Å². The molecule has 3 fully saturated rings. The van der Waals surface area contributed by atoms with E-state index in [1.807, 2.05) is 12.1 Å². The van der Waals surface area contributed by atoms with Crippen LogP contribution in [-0.4, -0.2) is 70.0 Å². The average Bonchev–Trinajstić information content (AvgIpc) is 3.35. The van der Waals surface area contributed by atoms with Gasteiger partial charge in [-0.05, 0) is 56.0 Å². The van der Waals surface area contributed by atoms with Crippen molar-refractivity contribution in [1.82, 2.24) is 21.1 Å². The second-order valence-electron chi connectivity index (χ2n) is 10.3. The topological polar surface area (TPSA) is 78.1 Å². The fourth-order valence-electron chi connectivity index (χ4n) is 6.10. The molecule has 3 N–H and O–H groups in total. The Morgan fingerprint density at radius 1 is 1.00 bits per heavy atom. The zero-order valence-electron chi connectivity index (χ0n) is 22.2. The zero-order valence-corrected chi connectivity index (χ0v) is 23.7. The Bertz CT molecular complexity index is 1110. The second-order valence-corrected chi connectivity index (χ2v) is 11.1. The number of hydrazine groups is 1. The Morgan fingerprint density at radius 2 is 1.66 bits per heavy atom. The molecule has 4 atom stereocenters. The number of rotatable bonds is 7. The van der Waals surface area contributed by atoms with Crippen molar-refractivity contribution in [2.75, 3.05) is 51.8 Å². The summed E-state index contributed by atoms with van der Waals surface area (Å²) in [6.07, 6.45) is 2.49. The molecule has 0 aromatic heterocycles. The van der Waals surface area contributed by atoms with Crippen molar-refractivity contribution in [1.29, 1.82) is 0 Å². The van der Waals surface area contributed by atoms with Crippen molar-refractivity contribution in [2.24, 2.45) is 5.92 Å². The minimum Gasteiger partial charge on any atom is -0.495 e. The smallest absolute Gasteiger partial charge is 0.252 e. The number of carbonyl (C=O) groups excluding carboxylic acids is 1. The number of piperazine rings is 1. The van der Waals surface area contributed by atoms with Crippen LogP contribution in [0.25, 0.3) is 0 Å². The molecule has 0 spiro atoms. The van der Waals surface area contributed by atoms with Crippen LogP contribution in [-0.2, 0) is 0 Å². The summed E-state index contributed by atoms with van der Waals surface area (Å²) in [7, 11) is 3.18. The molecule has 2 aliphatic heterocycles. The normalized spacial score (nSPS) is 25.7. The van der Waals surface area contributed by atoms with Gasteiger partial charge in [-0.25, -0.2) is 5.43 Å². The maximum Gasteiger partial charge on any atom is 0.252 e. The molecule has 2 heterocycles. The Hall–Kier alpha value is -2.23. The third-order valence-electron chi connectivity index (χ3n) is 8.37. The van der Waals surface area contributed by atoms with Gasteiger partial charge in [0, 0.05) is 61.0 Å². The van der Waals surface area contributed by atoms with E-state index in [4.69, 9.17) is 32.7 Å². The molecule has 2 aromatic carbocycles. The van der Waals surface area contributed by atoms with Crippen molar-refractivity contribution >= 4 is 34.8 Å². The molecule has 10 heteroatoms. The summed E-state index contributed by atoms with van der Waals surface area (Å²) in [6, 6.07) is 9.86. The minimum absolute atomic E-state index is 0.0713. The molecular formula is C28H37Cl2N5O3. The monoisotopic (exact) mass is 561 g/mol. The summed E-state index contributed by atoms with van der Waals surface area (Å²) in [6.45, 7) is 7.48. The molecule has 1 amide bonds. The number of fused-ring (bicyclic) bond motifs is 1. The summed E-state index contributed by atoms with van der Waals surface area (Å²) >= 11 is 13.4. The average molecular weight is 563 g/mol. The third kappa shape index (κ3) is 5.42. The number of hydrogen-bond acceptors (Lipinski definition) is 7. The van der Waals surface area contributed by atoms with Gasteiger partial charge in [0.15, 0.2) is 0 Å². The third-order valence-corrected chi connectivity index (χ3v) is 9.15. The van der Waals surface area contributed by atoms with Gasteiger partial charge in [-0.1, -0.05) is 30.1 Å². The van der Waals surface area contributed by atoms with Crippen molar-refractivity contribution in [3.63, 3.8) is 0 Å². The second kappa shape index (κ2) is 11.9. The summed E-state index contributed by atoms with van der Waals surface area (Å²) in [5.41, 5.74) is 9.41. The lowest BCUT2D eigenvalue weighted by molar-refractivity contribution is 0.0915. The number of amides is 1. The molecule has 4 unspecified atom stereocenters. The molecule has 8 nitrogen and oxygen atoms in total. The maximum absolute atomic E-state index is 13.1. The van der Waals surface area contributed by atoms with Gasteiger partial charge >= 0.3 is 0 Å². The highest BCUT2D eigenvalue weighted by Crippen LogP contribution is 2.49. The SMILES string of the molecule is CCN1CCN(c2ccc(C(=O)NC3NNC4CC(c5c(Cl)c(OC)cc(OC)c5Cl)CCC43)cc2)CC1. The molecule has 1 saturated carbocycles. The Balaban J connectivity index is 1.20. The number of nitrogens with zero attached hydrogens (tertiary/aromatic N) is 2. The summed E-state index contributed by atoms with van der Waals surface area (Å²) < 4.78 is 10.9. The highest BCUT2D eigenvalue weighted by molar-refractivity contribution is 6.38. The first-order valence-corrected chi connectivity index (χ1v) is 14.2. The molecule has 1 aliphatic carbocycles. The van der Waals surface area contributed by atoms with E-state index in [0.29, 0.717) is 27.1 Å². The Morgan fingerprint density at radius 3 is 2.26 bits per heavy atom. The van der Waals surface area contributed by atoms with Gasteiger partial charge < -0.3 is 24.6 Å². The van der Waals surface area contributed by atoms with Crippen LogP contribution in [0, 0.1) is 5.92 Å². The van der Waals surface area contributed by atoms with Crippen LogP contribution >= 0.6 is 23.2 Å². The van der Waals surface area contributed by atoms with Crippen LogP contribution < -0.4 is 30.5 Å². The first-order valence-electron chi connectivity index (χ1n) is 13.4.